The highest BCUT2D eigenvalue weighted by Gasteiger charge is 2.17. The number of fused-ring (bicyclic) bond motifs is 1. The first-order valence-electron chi connectivity index (χ1n) is 10.3. The standard InChI is InChI=1S/C24H25N5O2/c1-16-8-4-7-11-22(16)29-18(3)20(14-26-29)17(2)27-23(30)12-13-28-15-25-21-10-6-5-9-19(21)24(28)31/h4-11,14-15,17H,12-13H2,1-3H3,(H,27,30)/t17-/m1/s1. The molecule has 2 aromatic carbocycles. The predicted octanol–water partition coefficient (Wildman–Crippen LogP) is 3.47. The molecule has 1 amide bonds. The number of benzene rings is 2. The number of hydrogen-bond acceptors (Lipinski definition) is 4. The van der Waals surface area contributed by atoms with Crippen LogP contribution in [-0.2, 0) is 11.3 Å². The van der Waals surface area contributed by atoms with Crippen LogP contribution in [0.4, 0.5) is 0 Å². The summed E-state index contributed by atoms with van der Waals surface area (Å²) in [7, 11) is 0. The lowest BCUT2D eigenvalue weighted by Gasteiger charge is -2.15. The molecule has 0 spiro atoms. The molecule has 0 bridgehead atoms. The van der Waals surface area contributed by atoms with Gasteiger partial charge in [-0.05, 0) is 44.5 Å². The first kappa shape index (κ1) is 20.5. The van der Waals surface area contributed by atoms with Gasteiger partial charge >= 0.3 is 0 Å². The topological polar surface area (TPSA) is 81.8 Å². The summed E-state index contributed by atoms with van der Waals surface area (Å²) in [6.45, 7) is 6.26. The maximum atomic E-state index is 12.6. The van der Waals surface area contributed by atoms with Crippen LogP contribution < -0.4 is 10.9 Å². The molecular weight excluding hydrogens is 390 g/mol. The fourth-order valence-electron chi connectivity index (χ4n) is 3.77. The molecule has 0 aliphatic rings. The number of amides is 1. The number of nitrogens with one attached hydrogen (secondary N) is 1. The van der Waals surface area contributed by atoms with Crippen LogP contribution in [0.3, 0.4) is 0 Å². The van der Waals surface area contributed by atoms with Gasteiger partial charge in [-0.1, -0.05) is 30.3 Å². The fourth-order valence-corrected chi connectivity index (χ4v) is 3.77. The Morgan fingerprint density at radius 2 is 1.84 bits per heavy atom. The second-order valence-corrected chi connectivity index (χ2v) is 7.68. The summed E-state index contributed by atoms with van der Waals surface area (Å²) in [5, 5.41) is 8.09. The minimum Gasteiger partial charge on any atom is -0.349 e. The van der Waals surface area contributed by atoms with E-state index in [1.807, 2.05) is 61.9 Å². The number of aromatic nitrogens is 4. The second-order valence-electron chi connectivity index (χ2n) is 7.68. The summed E-state index contributed by atoms with van der Waals surface area (Å²) in [5.74, 6) is -0.129. The molecule has 0 aliphatic carbocycles. The molecule has 0 unspecified atom stereocenters. The van der Waals surface area contributed by atoms with E-state index in [-0.39, 0.29) is 30.5 Å². The smallest absolute Gasteiger partial charge is 0.261 e. The number of carbonyl (C=O) groups excluding carboxylic acids is 1. The van der Waals surface area contributed by atoms with Gasteiger partial charge < -0.3 is 5.32 Å². The Balaban J connectivity index is 1.43. The second kappa shape index (κ2) is 8.55. The lowest BCUT2D eigenvalue weighted by Crippen LogP contribution is -2.29. The van der Waals surface area contributed by atoms with Gasteiger partial charge in [0, 0.05) is 24.2 Å². The number of nitrogens with zero attached hydrogens (tertiary/aromatic N) is 4. The quantitative estimate of drug-likeness (QED) is 0.523. The van der Waals surface area contributed by atoms with Crippen LogP contribution in [0.15, 0.2) is 65.8 Å². The highest BCUT2D eigenvalue weighted by molar-refractivity contribution is 5.77. The molecule has 4 rings (SSSR count). The molecule has 7 nitrogen and oxygen atoms in total. The normalized spacial score (nSPS) is 12.1. The van der Waals surface area contributed by atoms with Crippen LogP contribution in [0.1, 0.15) is 36.2 Å². The number of rotatable bonds is 6. The molecule has 1 atom stereocenters. The van der Waals surface area contributed by atoms with E-state index in [4.69, 9.17) is 0 Å². The van der Waals surface area contributed by atoms with Gasteiger partial charge in [-0.2, -0.15) is 5.10 Å². The molecule has 7 heteroatoms. The molecule has 0 saturated carbocycles. The van der Waals surface area contributed by atoms with Crippen molar-refractivity contribution < 1.29 is 4.79 Å². The summed E-state index contributed by atoms with van der Waals surface area (Å²) < 4.78 is 3.38. The first-order chi connectivity index (χ1) is 15.0. The minimum atomic E-state index is -0.197. The average molecular weight is 415 g/mol. The highest BCUT2D eigenvalue weighted by Crippen LogP contribution is 2.22. The summed E-state index contributed by atoms with van der Waals surface area (Å²) in [6, 6.07) is 15.1. The Labute approximate surface area is 180 Å². The molecule has 0 fully saturated rings. The van der Waals surface area contributed by atoms with Gasteiger partial charge in [0.2, 0.25) is 5.91 Å². The molecule has 0 radical (unpaired) electrons. The largest absolute Gasteiger partial charge is 0.349 e. The molecule has 0 aliphatic heterocycles. The Kier molecular flexibility index (Phi) is 5.66. The van der Waals surface area contributed by atoms with E-state index in [1.54, 1.807) is 18.3 Å². The van der Waals surface area contributed by atoms with Crippen LogP contribution in [0, 0.1) is 13.8 Å². The Bertz CT molecular complexity index is 1300. The fraction of sp³-hybridized carbons (Fsp3) is 0.250. The van der Waals surface area contributed by atoms with Crippen molar-refractivity contribution in [1.29, 1.82) is 0 Å². The Hall–Kier alpha value is -3.74. The summed E-state index contributed by atoms with van der Waals surface area (Å²) in [6.07, 6.45) is 3.48. The van der Waals surface area contributed by atoms with Gasteiger partial charge in [0.1, 0.15) is 0 Å². The van der Waals surface area contributed by atoms with Crippen molar-refractivity contribution >= 4 is 16.8 Å². The van der Waals surface area contributed by atoms with Gasteiger partial charge in [-0.15, -0.1) is 0 Å². The molecule has 31 heavy (non-hydrogen) atoms. The maximum Gasteiger partial charge on any atom is 0.261 e. The molecule has 158 valence electrons. The van der Waals surface area contributed by atoms with E-state index in [9.17, 15) is 9.59 Å². The van der Waals surface area contributed by atoms with Crippen molar-refractivity contribution in [3.63, 3.8) is 0 Å². The van der Waals surface area contributed by atoms with Gasteiger partial charge in [-0.3, -0.25) is 14.2 Å². The maximum absolute atomic E-state index is 12.6. The Morgan fingerprint density at radius 3 is 2.65 bits per heavy atom. The van der Waals surface area contributed by atoms with Crippen LogP contribution >= 0.6 is 0 Å². The minimum absolute atomic E-state index is 0.129. The molecule has 2 heterocycles. The van der Waals surface area contributed by atoms with Crippen molar-refractivity contribution in [2.45, 2.75) is 39.8 Å². The summed E-state index contributed by atoms with van der Waals surface area (Å²) in [5.41, 5.74) is 4.61. The zero-order chi connectivity index (χ0) is 22.0. The van der Waals surface area contributed by atoms with Gasteiger partial charge in [0.15, 0.2) is 0 Å². The van der Waals surface area contributed by atoms with E-state index in [2.05, 4.69) is 15.4 Å². The first-order valence-corrected chi connectivity index (χ1v) is 10.3. The predicted molar refractivity (Wildman–Crippen MR) is 120 cm³/mol. The molecule has 2 aromatic heterocycles. The number of carbonyl (C=O) groups is 1. The van der Waals surface area contributed by atoms with Gasteiger partial charge in [-0.25, -0.2) is 9.67 Å². The highest BCUT2D eigenvalue weighted by atomic mass is 16.2. The zero-order valence-corrected chi connectivity index (χ0v) is 17.9. The van der Waals surface area contributed by atoms with Crippen molar-refractivity contribution in [2.24, 2.45) is 0 Å². The van der Waals surface area contributed by atoms with Crippen LogP contribution in [-0.4, -0.2) is 25.2 Å². The van der Waals surface area contributed by atoms with E-state index in [0.29, 0.717) is 10.9 Å². The van der Waals surface area contributed by atoms with Crippen molar-refractivity contribution in [3.8, 4) is 5.69 Å². The number of para-hydroxylation sites is 2. The average Bonchev–Trinajstić information content (AvgIpc) is 3.15. The van der Waals surface area contributed by atoms with Crippen LogP contribution in [0.2, 0.25) is 0 Å². The molecular formula is C24H25N5O2. The third kappa shape index (κ3) is 4.12. The Morgan fingerprint density at radius 1 is 1.10 bits per heavy atom. The van der Waals surface area contributed by atoms with E-state index in [1.165, 1.54) is 10.9 Å². The monoisotopic (exact) mass is 415 g/mol. The SMILES string of the molecule is Cc1ccccc1-n1ncc([C@@H](C)NC(=O)CCn2cnc3ccccc3c2=O)c1C. The zero-order valence-electron chi connectivity index (χ0n) is 17.9. The molecule has 0 saturated heterocycles. The van der Waals surface area contributed by atoms with E-state index >= 15 is 0 Å². The lowest BCUT2D eigenvalue weighted by atomic mass is 10.1. The van der Waals surface area contributed by atoms with Crippen LogP contribution in [0.5, 0.6) is 0 Å². The summed E-state index contributed by atoms with van der Waals surface area (Å²) in [4.78, 5) is 29.4. The number of hydrogen-bond donors (Lipinski definition) is 1. The van der Waals surface area contributed by atoms with E-state index < -0.39 is 0 Å². The molecule has 4 aromatic rings. The van der Waals surface area contributed by atoms with Gasteiger partial charge in [0.25, 0.3) is 5.56 Å². The van der Waals surface area contributed by atoms with Crippen molar-refractivity contribution in [2.75, 3.05) is 0 Å². The number of aryl methyl sites for hydroxylation is 2. The van der Waals surface area contributed by atoms with E-state index in [0.717, 1.165) is 22.5 Å². The third-order valence-corrected chi connectivity index (χ3v) is 5.55. The van der Waals surface area contributed by atoms with Crippen molar-refractivity contribution in [1.82, 2.24) is 24.6 Å². The molecule has 1 N–H and O–H groups in total. The van der Waals surface area contributed by atoms with Gasteiger partial charge in [0.05, 0.1) is 35.2 Å². The van der Waals surface area contributed by atoms with Crippen LogP contribution in [0.25, 0.3) is 16.6 Å². The third-order valence-electron chi connectivity index (χ3n) is 5.55. The lowest BCUT2D eigenvalue weighted by molar-refractivity contribution is -0.121. The van der Waals surface area contributed by atoms with Crippen molar-refractivity contribution in [3.05, 3.63) is 88.2 Å². The summed E-state index contributed by atoms with van der Waals surface area (Å²) >= 11 is 0.